The fraction of sp³-hybridized carbons (Fsp3) is 0.333. The van der Waals surface area contributed by atoms with Crippen molar-refractivity contribution in [1.29, 1.82) is 0 Å². The minimum absolute atomic E-state index is 0.169. The van der Waals surface area contributed by atoms with E-state index >= 15 is 0 Å². The highest BCUT2D eigenvalue weighted by Crippen LogP contribution is 2.22. The van der Waals surface area contributed by atoms with Crippen LogP contribution in [0.1, 0.15) is 6.92 Å². The van der Waals surface area contributed by atoms with Crippen molar-refractivity contribution < 1.29 is 24.7 Å². The molecule has 0 aliphatic heterocycles. The smallest absolute Gasteiger partial charge is 0.337 e. The van der Waals surface area contributed by atoms with Crippen molar-refractivity contribution in [2.45, 2.75) is 12.5 Å². The molecule has 1 aromatic rings. The normalized spacial score (nSPS) is 13.0. The molecule has 1 amide bonds. The van der Waals surface area contributed by atoms with Gasteiger partial charge >= 0.3 is 5.97 Å². The molecule has 0 spiro atoms. The Morgan fingerprint density at radius 2 is 2.00 bits per heavy atom. The van der Waals surface area contributed by atoms with Crippen LogP contribution < -0.4 is 10.6 Å². The van der Waals surface area contributed by atoms with E-state index in [1.165, 1.54) is 18.2 Å². The van der Waals surface area contributed by atoms with E-state index in [9.17, 15) is 24.8 Å². The number of hydrogen-bond acceptors (Lipinski definition) is 6. The molecule has 0 radical (unpaired) electrons. The van der Waals surface area contributed by atoms with Crippen LogP contribution in [0.2, 0.25) is 0 Å². The van der Waals surface area contributed by atoms with Gasteiger partial charge in [0.15, 0.2) is 5.60 Å². The molecule has 114 valence electrons. The van der Waals surface area contributed by atoms with Gasteiger partial charge in [-0.1, -0.05) is 12.1 Å². The van der Waals surface area contributed by atoms with E-state index in [-0.39, 0.29) is 17.9 Å². The number of rotatable bonds is 7. The van der Waals surface area contributed by atoms with Gasteiger partial charge in [-0.15, -0.1) is 0 Å². The number of nitro groups is 1. The van der Waals surface area contributed by atoms with E-state index in [1.54, 1.807) is 6.07 Å². The Morgan fingerprint density at radius 3 is 2.57 bits per heavy atom. The maximum Gasteiger partial charge on any atom is 0.337 e. The molecule has 0 aliphatic rings. The third-order valence-electron chi connectivity index (χ3n) is 2.63. The number of aliphatic hydroxyl groups is 1. The van der Waals surface area contributed by atoms with E-state index < -0.39 is 28.9 Å². The van der Waals surface area contributed by atoms with Crippen LogP contribution in [0.5, 0.6) is 0 Å². The third-order valence-corrected chi connectivity index (χ3v) is 2.63. The van der Waals surface area contributed by atoms with Crippen LogP contribution in [0.3, 0.4) is 0 Å². The quantitative estimate of drug-likeness (QED) is 0.408. The largest absolute Gasteiger partial charge is 0.479 e. The second kappa shape index (κ2) is 6.66. The van der Waals surface area contributed by atoms with E-state index in [1.807, 2.05) is 0 Å². The number of carboxylic acids is 1. The summed E-state index contributed by atoms with van der Waals surface area (Å²) in [5, 5.41) is 33.6. The van der Waals surface area contributed by atoms with Crippen LogP contribution in [0.4, 0.5) is 11.4 Å². The van der Waals surface area contributed by atoms with Crippen molar-refractivity contribution >= 4 is 23.3 Å². The molecule has 0 saturated heterocycles. The fourth-order valence-corrected chi connectivity index (χ4v) is 1.37. The van der Waals surface area contributed by atoms with Crippen LogP contribution in [-0.4, -0.2) is 45.7 Å². The Morgan fingerprint density at radius 1 is 1.38 bits per heavy atom. The number of nitrogens with zero attached hydrogens (tertiary/aromatic N) is 1. The first-order chi connectivity index (χ1) is 9.74. The van der Waals surface area contributed by atoms with Gasteiger partial charge in [-0.25, -0.2) is 4.79 Å². The number of hydrogen-bond donors (Lipinski definition) is 4. The Labute approximate surface area is 119 Å². The minimum atomic E-state index is -2.07. The number of amides is 1. The first-order valence-electron chi connectivity index (χ1n) is 5.94. The average Bonchev–Trinajstić information content (AvgIpc) is 2.43. The predicted octanol–water partition coefficient (Wildman–Crippen LogP) is -0.0415. The summed E-state index contributed by atoms with van der Waals surface area (Å²) in [6, 6.07) is 5.80. The number of anilines is 1. The van der Waals surface area contributed by atoms with E-state index in [4.69, 9.17) is 5.11 Å². The SMILES string of the molecule is CC(O)(CNC(=O)CNc1ccccc1[N+](=O)[O-])C(=O)O. The topological polar surface area (TPSA) is 142 Å². The van der Waals surface area contributed by atoms with E-state index in [2.05, 4.69) is 10.6 Å². The van der Waals surface area contributed by atoms with Gasteiger partial charge in [0, 0.05) is 6.07 Å². The third kappa shape index (κ3) is 4.73. The standard InChI is InChI=1S/C12H15N3O6/c1-12(19,11(17)18)7-14-10(16)6-13-8-4-2-3-5-9(8)15(20)21/h2-5,13,19H,6-7H2,1H3,(H,14,16)(H,17,18). The minimum Gasteiger partial charge on any atom is -0.479 e. The van der Waals surface area contributed by atoms with Crippen LogP contribution in [0, 0.1) is 10.1 Å². The lowest BCUT2D eigenvalue weighted by Crippen LogP contribution is -2.47. The van der Waals surface area contributed by atoms with E-state index in [0.717, 1.165) is 6.92 Å². The monoisotopic (exact) mass is 297 g/mol. The number of para-hydroxylation sites is 2. The number of carbonyl (C=O) groups is 2. The lowest BCUT2D eigenvalue weighted by Gasteiger charge is -2.18. The molecule has 0 aliphatic carbocycles. The molecule has 0 heterocycles. The summed E-state index contributed by atoms with van der Waals surface area (Å²) >= 11 is 0. The Hall–Kier alpha value is -2.68. The van der Waals surface area contributed by atoms with Crippen molar-refractivity contribution in [3.05, 3.63) is 34.4 Å². The van der Waals surface area contributed by atoms with Crippen molar-refractivity contribution in [3.8, 4) is 0 Å². The highest BCUT2D eigenvalue weighted by atomic mass is 16.6. The van der Waals surface area contributed by atoms with E-state index in [0.29, 0.717) is 0 Å². The number of nitro benzene ring substituents is 1. The van der Waals surface area contributed by atoms with Crippen LogP contribution in [0.25, 0.3) is 0 Å². The van der Waals surface area contributed by atoms with Gasteiger partial charge < -0.3 is 20.8 Å². The molecule has 9 heteroatoms. The van der Waals surface area contributed by atoms with Crippen molar-refractivity contribution in [2.75, 3.05) is 18.4 Å². The van der Waals surface area contributed by atoms with Crippen molar-refractivity contribution in [1.82, 2.24) is 5.32 Å². The summed E-state index contributed by atoms with van der Waals surface area (Å²) in [5.74, 6) is -2.07. The second-order valence-corrected chi connectivity index (χ2v) is 4.48. The fourth-order valence-electron chi connectivity index (χ4n) is 1.37. The summed E-state index contributed by atoms with van der Waals surface area (Å²) in [4.78, 5) is 32.3. The van der Waals surface area contributed by atoms with Gasteiger partial charge in [0.1, 0.15) is 5.69 Å². The van der Waals surface area contributed by atoms with Gasteiger partial charge in [-0.2, -0.15) is 0 Å². The zero-order valence-corrected chi connectivity index (χ0v) is 11.2. The molecule has 0 saturated carbocycles. The Bertz CT molecular complexity index is 558. The number of carbonyl (C=O) groups excluding carboxylic acids is 1. The molecule has 0 bridgehead atoms. The van der Waals surface area contributed by atoms with Crippen LogP contribution in [-0.2, 0) is 9.59 Å². The first-order valence-corrected chi connectivity index (χ1v) is 5.94. The average molecular weight is 297 g/mol. The summed E-state index contributed by atoms with van der Waals surface area (Å²) in [6.45, 7) is 0.283. The molecular weight excluding hydrogens is 282 g/mol. The molecule has 0 aromatic heterocycles. The molecule has 0 fully saturated rings. The molecule has 9 nitrogen and oxygen atoms in total. The molecule has 4 N–H and O–H groups in total. The number of nitrogens with one attached hydrogen (secondary N) is 2. The zero-order valence-electron chi connectivity index (χ0n) is 11.2. The molecule has 1 unspecified atom stereocenters. The molecular formula is C12H15N3O6. The number of aliphatic carboxylic acids is 1. The summed E-state index contributed by atoms with van der Waals surface area (Å²) < 4.78 is 0. The second-order valence-electron chi connectivity index (χ2n) is 4.48. The van der Waals surface area contributed by atoms with Gasteiger partial charge in [0.2, 0.25) is 5.91 Å². The maximum atomic E-state index is 11.5. The Balaban J connectivity index is 2.55. The van der Waals surface area contributed by atoms with Crippen molar-refractivity contribution in [3.63, 3.8) is 0 Å². The summed E-state index contributed by atoms with van der Waals surface area (Å²) in [7, 11) is 0. The molecule has 1 aromatic carbocycles. The molecule has 1 atom stereocenters. The van der Waals surface area contributed by atoms with Gasteiger partial charge in [-0.05, 0) is 13.0 Å². The lowest BCUT2D eigenvalue weighted by atomic mass is 10.1. The number of carboxylic acid groups (broad SMARTS) is 1. The van der Waals surface area contributed by atoms with Gasteiger partial charge in [-0.3, -0.25) is 14.9 Å². The van der Waals surface area contributed by atoms with Crippen LogP contribution >= 0.6 is 0 Å². The van der Waals surface area contributed by atoms with Gasteiger partial charge in [0.25, 0.3) is 5.69 Å². The summed E-state index contributed by atoms with van der Waals surface area (Å²) in [6.07, 6.45) is 0. The molecule has 1 rings (SSSR count). The highest BCUT2D eigenvalue weighted by molar-refractivity contribution is 5.83. The first kappa shape index (κ1) is 16.4. The number of benzene rings is 1. The van der Waals surface area contributed by atoms with Crippen LogP contribution in [0.15, 0.2) is 24.3 Å². The van der Waals surface area contributed by atoms with Crippen molar-refractivity contribution in [2.24, 2.45) is 0 Å². The zero-order chi connectivity index (χ0) is 16.0. The Kier molecular flexibility index (Phi) is 5.19. The van der Waals surface area contributed by atoms with Gasteiger partial charge in [0.05, 0.1) is 18.0 Å². The lowest BCUT2D eigenvalue weighted by molar-refractivity contribution is -0.383. The highest BCUT2D eigenvalue weighted by Gasteiger charge is 2.30. The summed E-state index contributed by atoms with van der Waals surface area (Å²) in [5.41, 5.74) is -2.08. The predicted molar refractivity (Wildman–Crippen MR) is 72.9 cm³/mol. The molecule has 21 heavy (non-hydrogen) atoms. The maximum absolute atomic E-state index is 11.5.